The molecule has 0 spiro atoms. The van der Waals surface area contributed by atoms with Crippen molar-refractivity contribution in [2.24, 2.45) is 11.5 Å². The van der Waals surface area contributed by atoms with Crippen LogP contribution in [0.3, 0.4) is 0 Å². The second-order valence-corrected chi connectivity index (χ2v) is 18.9. The fourth-order valence-corrected chi connectivity index (χ4v) is 8.22. The van der Waals surface area contributed by atoms with Gasteiger partial charge in [0.25, 0.3) is 5.91 Å². The van der Waals surface area contributed by atoms with Crippen LogP contribution < -0.4 is 59.4 Å². The maximum absolute atomic E-state index is 13.6. The minimum Gasteiger partial charge on any atom is -0.508 e. The summed E-state index contributed by atoms with van der Waals surface area (Å²) < 4.78 is 5.82. The molecular weight excluding hydrogens is 1090 g/mol. The lowest BCUT2D eigenvalue weighted by Gasteiger charge is -2.26. The van der Waals surface area contributed by atoms with Gasteiger partial charge in [-0.05, 0) is 74.7 Å². The molecule has 83 heavy (non-hydrogen) atoms. The third-order valence-electron chi connectivity index (χ3n) is 12.5. The van der Waals surface area contributed by atoms with Crippen molar-refractivity contribution in [2.45, 2.75) is 94.9 Å². The van der Waals surface area contributed by atoms with Crippen LogP contribution in [0.25, 0.3) is 33.4 Å². The number of aliphatic hydroxyl groups is 2. The fraction of sp³-hybridized carbons (Fsp3) is 0.315. The number of carbonyl (C=O) groups excluding carboxylic acids is 10. The van der Waals surface area contributed by atoms with E-state index >= 15 is 0 Å². The first kappa shape index (κ1) is 63.5. The van der Waals surface area contributed by atoms with Crippen molar-refractivity contribution >= 4 is 82.0 Å². The summed E-state index contributed by atoms with van der Waals surface area (Å²) in [5.74, 6) is -14.1. The Kier molecular flexibility index (Phi) is 22.0. The molecule has 3 aromatic carbocycles. The molecule has 0 unspecified atom stereocenters. The molecule has 0 radical (unpaired) electrons. The van der Waals surface area contributed by atoms with Crippen LogP contribution in [0.15, 0.2) is 94.1 Å². The van der Waals surface area contributed by atoms with E-state index in [9.17, 15) is 87.9 Å². The van der Waals surface area contributed by atoms with Gasteiger partial charge in [0.05, 0.1) is 31.2 Å². The molecule has 29 heteroatoms. The van der Waals surface area contributed by atoms with Gasteiger partial charge in [0.2, 0.25) is 53.2 Å². The second-order valence-electron chi connectivity index (χ2n) is 18.9. The van der Waals surface area contributed by atoms with Gasteiger partial charge in [-0.3, -0.25) is 57.5 Å². The molecule has 3 aromatic rings. The van der Waals surface area contributed by atoms with Gasteiger partial charge in [0.15, 0.2) is 5.43 Å². The highest BCUT2D eigenvalue weighted by atomic mass is 16.4. The molecule has 0 saturated heterocycles. The van der Waals surface area contributed by atoms with E-state index in [0.29, 0.717) is 16.5 Å². The molecule has 0 aromatic heterocycles. The number of hydrogen-bond donors (Lipinski definition) is 15. The van der Waals surface area contributed by atoms with Crippen molar-refractivity contribution in [2.75, 3.05) is 13.2 Å². The Hall–Kier alpha value is -10.3. The Bertz CT molecular complexity index is 3350. The molecule has 1 aliphatic heterocycles. The Morgan fingerprint density at radius 2 is 1.23 bits per heavy atom. The maximum atomic E-state index is 13.6. The molecule has 0 fully saturated rings. The van der Waals surface area contributed by atoms with Gasteiger partial charge in [0.1, 0.15) is 59.4 Å². The van der Waals surface area contributed by atoms with Crippen LogP contribution in [0.2, 0.25) is 0 Å². The molecule has 17 N–H and O–H groups in total. The Labute approximate surface area is 470 Å². The zero-order valence-corrected chi connectivity index (χ0v) is 44.6. The second kappa shape index (κ2) is 28.7. The highest BCUT2D eigenvalue weighted by Crippen LogP contribution is 2.42. The molecule has 10 amide bonds. The van der Waals surface area contributed by atoms with Crippen LogP contribution in [-0.2, 0) is 54.4 Å². The number of aromatic hydroxyl groups is 1. The quantitative estimate of drug-likeness (QED) is 0.0222. The first-order chi connectivity index (χ1) is 39.2. The van der Waals surface area contributed by atoms with Gasteiger partial charge in [-0.1, -0.05) is 36.4 Å². The SMILES string of the molecule is C[C@H](NC(=O)[C@H](C)NC(=O)[C@H](CCC(N)=O)NC(=O)[C@H](CC(=O)O)NC(=O)[C@H](CO)NC(=O)CNC(=O)c1ccc(-c2c3ccc(=O)cc-3oc3cc(O)ccc23)c(C(=O)O)c1)C(=O)N[C@H](C(=O)N[C@@H](Cc1ccccc1)C(N)=O)[C@@H](C)O. The number of carbonyl (C=O) groups is 12. The number of aromatic carboxylic acids is 1. The number of benzene rings is 4. The molecule has 5 rings (SSSR count). The number of aliphatic hydroxyl groups excluding tert-OH is 2. The van der Waals surface area contributed by atoms with Crippen molar-refractivity contribution in [1.29, 1.82) is 0 Å². The van der Waals surface area contributed by atoms with E-state index in [0.717, 1.165) is 13.0 Å². The summed E-state index contributed by atoms with van der Waals surface area (Å²) in [6.45, 7) is 1.47. The van der Waals surface area contributed by atoms with Gasteiger partial charge in [-0.15, -0.1) is 0 Å². The van der Waals surface area contributed by atoms with E-state index in [2.05, 4.69) is 37.2 Å². The van der Waals surface area contributed by atoms with Crippen molar-refractivity contribution in [3.63, 3.8) is 0 Å². The molecule has 1 heterocycles. The largest absolute Gasteiger partial charge is 0.508 e. The Balaban J connectivity index is 1.19. The number of carboxylic acid groups (broad SMARTS) is 2. The van der Waals surface area contributed by atoms with Crippen LogP contribution in [0.1, 0.15) is 66.3 Å². The fourth-order valence-electron chi connectivity index (χ4n) is 8.22. The summed E-state index contributed by atoms with van der Waals surface area (Å²) in [7, 11) is 0. The number of carboxylic acids is 2. The van der Waals surface area contributed by atoms with Gasteiger partial charge in [0, 0.05) is 47.1 Å². The summed E-state index contributed by atoms with van der Waals surface area (Å²) >= 11 is 0. The van der Waals surface area contributed by atoms with Crippen molar-refractivity contribution in [3.05, 3.63) is 112 Å². The third kappa shape index (κ3) is 17.6. The van der Waals surface area contributed by atoms with Gasteiger partial charge < -0.3 is 84.0 Å². The molecular formula is C54H60N10O19. The van der Waals surface area contributed by atoms with Crippen LogP contribution in [-0.4, -0.2) is 158 Å². The normalized spacial score (nSPS) is 13.9. The molecule has 2 aliphatic rings. The van der Waals surface area contributed by atoms with Crippen LogP contribution in [0.5, 0.6) is 5.75 Å². The predicted molar refractivity (Wildman–Crippen MR) is 289 cm³/mol. The zero-order valence-electron chi connectivity index (χ0n) is 44.6. The minimum atomic E-state index is -2.04. The van der Waals surface area contributed by atoms with Crippen LogP contribution in [0.4, 0.5) is 0 Å². The van der Waals surface area contributed by atoms with E-state index in [-0.39, 0.29) is 40.2 Å². The molecule has 1 aliphatic carbocycles. The average Bonchev–Trinajstić information content (AvgIpc) is 3.48. The van der Waals surface area contributed by atoms with E-state index in [1.165, 1.54) is 62.4 Å². The topological polar surface area (TPSA) is 484 Å². The van der Waals surface area contributed by atoms with Gasteiger partial charge in [-0.25, -0.2) is 4.79 Å². The molecule has 0 bridgehead atoms. The number of hydrogen-bond acceptors (Lipinski definition) is 17. The third-order valence-corrected chi connectivity index (χ3v) is 12.5. The molecule has 29 nitrogen and oxygen atoms in total. The number of aliphatic carboxylic acids is 1. The lowest BCUT2D eigenvalue weighted by Crippen LogP contribution is -2.60. The number of phenols is 1. The predicted octanol–water partition coefficient (Wildman–Crippen LogP) is -3.03. The lowest BCUT2D eigenvalue weighted by atomic mass is 9.90. The molecule has 0 saturated carbocycles. The van der Waals surface area contributed by atoms with Crippen molar-refractivity contribution in [1.82, 2.24) is 42.5 Å². The summed E-state index contributed by atoms with van der Waals surface area (Å²) in [5, 5.41) is 68.5. The van der Waals surface area contributed by atoms with E-state index in [1.54, 1.807) is 30.3 Å². The van der Waals surface area contributed by atoms with E-state index in [4.69, 9.17) is 15.9 Å². The summed E-state index contributed by atoms with van der Waals surface area (Å²) in [6, 6.07) is 8.41. The number of fused-ring (bicyclic) bond motifs is 2. The number of nitrogens with one attached hydrogen (secondary N) is 8. The van der Waals surface area contributed by atoms with E-state index < -0.39 is 163 Å². The summed E-state index contributed by atoms with van der Waals surface area (Å²) in [5.41, 5.74) is 11.1. The smallest absolute Gasteiger partial charge is 0.336 e. The van der Waals surface area contributed by atoms with E-state index in [1.807, 2.05) is 5.32 Å². The minimum absolute atomic E-state index is 0.0133. The summed E-state index contributed by atoms with van der Waals surface area (Å²) in [4.78, 5) is 167. The Morgan fingerprint density at radius 3 is 1.84 bits per heavy atom. The van der Waals surface area contributed by atoms with Gasteiger partial charge >= 0.3 is 11.9 Å². The molecule has 8 atom stereocenters. The first-order valence-corrected chi connectivity index (χ1v) is 25.3. The zero-order chi connectivity index (χ0) is 61.4. The number of primary amides is 2. The van der Waals surface area contributed by atoms with Crippen LogP contribution in [0, 0.1) is 0 Å². The number of phenolic OH excluding ortho intramolecular Hbond substituents is 1. The monoisotopic (exact) mass is 1150 g/mol. The highest BCUT2D eigenvalue weighted by molar-refractivity contribution is 6.09. The van der Waals surface area contributed by atoms with Gasteiger partial charge in [-0.2, -0.15) is 0 Å². The lowest BCUT2D eigenvalue weighted by molar-refractivity contribution is -0.141. The number of amides is 10. The molecule has 440 valence electrons. The summed E-state index contributed by atoms with van der Waals surface area (Å²) in [6.07, 6.45) is -3.80. The van der Waals surface area contributed by atoms with Crippen molar-refractivity contribution in [3.8, 4) is 28.2 Å². The number of rotatable bonds is 28. The standard InChI is InChI=1S/C54H60N10O19/c1-24(47(74)58-25(2)48(75)64-45(26(3)66)53(80)62-36(46(56)73)17-27-7-5-4-6-8-27)59-50(77)35(15-16-41(55)69)61-51(78)37(21-43(71)72)63-52(79)38(23-65)60-42(70)22-57-49(76)28-9-12-31(34(18-28)54(81)82)44-32-13-10-29(67)19-39(32)83-40-20-30(68)11-14-33(40)44/h4-14,18-20,24-26,35-38,45,65-67H,15-17,21-23H2,1-3H3,(H2,55,69)(H2,56,73)(H,57,76)(H,58,74)(H,59,77)(H,60,70)(H,61,78)(H,62,80)(H,63,79)(H,64,75)(H,71,72)(H,81,82)/t24-,25-,26+,35-,36-,37-,38-,45-/m0/s1. The average molecular weight is 1150 g/mol. The Morgan fingerprint density at radius 1 is 0.627 bits per heavy atom. The number of nitrogens with two attached hydrogens (primary N) is 2. The highest BCUT2D eigenvalue weighted by Gasteiger charge is 2.35. The maximum Gasteiger partial charge on any atom is 0.336 e. The van der Waals surface area contributed by atoms with Crippen molar-refractivity contribution < 1.29 is 87.5 Å². The van der Waals surface area contributed by atoms with Crippen LogP contribution >= 0.6 is 0 Å². The first-order valence-electron chi connectivity index (χ1n) is 25.3.